The molecule has 1 heteroatoms. The molecule has 0 aromatic heterocycles. The number of benzene rings is 3. The third-order valence-electron chi connectivity index (χ3n) is 5.52. The molecule has 3 aromatic rings. The summed E-state index contributed by atoms with van der Waals surface area (Å²) in [6.07, 6.45) is 4.86. The number of aryl methyl sites for hydroxylation is 1. The maximum Gasteiger partial charge on any atom is 0.0487 e. The van der Waals surface area contributed by atoms with Gasteiger partial charge in [0, 0.05) is 16.5 Å². The smallest absolute Gasteiger partial charge is 0.0487 e. The Hall–Kier alpha value is -2.23. The van der Waals surface area contributed by atoms with E-state index in [1.165, 1.54) is 47.6 Å². The molecule has 0 spiro atoms. The highest BCUT2D eigenvalue weighted by Gasteiger charge is 2.28. The van der Waals surface area contributed by atoms with Gasteiger partial charge in [0.15, 0.2) is 0 Å². The first-order valence-corrected chi connectivity index (χ1v) is 9.91. The predicted molar refractivity (Wildman–Crippen MR) is 112 cm³/mol. The molecular weight excluding hydrogens is 336 g/mol. The molecule has 130 valence electrons. The van der Waals surface area contributed by atoms with Gasteiger partial charge in [-0.05, 0) is 71.3 Å². The molecule has 0 saturated heterocycles. The third kappa shape index (κ3) is 3.37. The molecule has 0 bridgehead atoms. The topological polar surface area (TPSA) is 0 Å². The van der Waals surface area contributed by atoms with Gasteiger partial charge in [-0.15, -0.1) is 0 Å². The van der Waals surface area contributed by atoms with Gasteiger partial charge in [0.25, 0.3) is 0 Å². The zero-order valence-electron chi connectivity index (χ0n) is 15.1. The van der Waals surface area contributed by atoms with E-state index in [-0.39, 0.29) is 0 Å². The molecule has 4 rings (SSSR count). The van der Waals surface area contributed by atoms with Crippen molar-refractivity contribution in [2.45, 2.75) is 38.5 Å². The Labute approximate surface area is 161 Å². The fourth-order valence-corrected chi connectivity index (χ4v) is 4.37. The second-order valence-electron chi connectivity index (χ2n) is 7.20. The Morgan fingerprint density at radius 3 is 2.62 bits per heavy atom. The quantitative estimate of drug-likeness (QED) is 0.433. The van der Waals surface area contributed by atoms with Crippen molar-refractivity contribution in [3.63, 3.8) is 0 Å². The van der Waals surface area contributed by atoms with E-state index in [9.17, 15) is 0 Å². The Kier molecular flexibility index (Phi) is 5.00. The lowest BCUT2D eigenvalue weighted by Gasteiger charge is -2.31. The molecule has 0 radical (unpaired) electrons. The lowest BCUT2D eigenvalue weighted by molar-refractivity contribution is 0.394. The maximum atomic E-state index is 6.00. The van der Waals surface area contributed by atoms with E-state index in [0.717, 1.165) is 10.6 Å². The second-order valence-corrected chi connectivity index (χ2v) is 7.63. The summed E-state index contributed by atoms with van der Waals surface area (Å²) in [5.74, 6) is 8.00. The van der Waals surface area contributed by atoms with Crippen molar-refractivity contribution < 1.29 is 0 Å². The summed E-state index contributed by atoms with van der Waals surface area (Å²) in [5.41, 5.74) is 3.98. The van der Waals surface area contributed by atoms with E-state index < -0.39 is 0 Å². The van der Waals surface area contributed by atoms with Crippen LogP contribution in [0.15, 0.2) is 60.7 Å². The van der Waals surface area contributed by atoms with E-state index in [1.807, 2.05) is 24.3 Å². The average Bonchev–Trinajstić information content (AvgIpc) is 2.68. The first kappa shape index (κ1) is 17.2. The minimum atomic E-state index is 0.319. The van der Waals surface area contributed by atoms with Crippen LogP contribution in [-0.4, -0.2) is 0 Å². The Morgan fingerprint density at radius 1 is 1.00 bits per heavy atom. The molecule has 0 saturated carbocycles. The van der Waals surface area contributed by atoms with Gasteiger partial charge >= 0.3 is 0 Å². The van der Waals surface area contributed by atoms with Gasteiger partial charge in [-0.25, -0.2) is 0 Å². The number of rotatable bonds is 2. The van der Waals surface area contributed by atoms with Gasteiger partial charge in [0.05, 0.1) is 0 Å². The molecule has 0 heterocycles. The standard InChI is InChI=1S/C25H23Cl/c1-2-5-19-11-16-24-22-7-4-3-6-20(22)12-17-25(24)23(19)15-10-18-8-13-21(26)14-9-18/h3-4,6-9,12-14,17,19,23H,2,5,11,16H2,1H3. The Balaban J connectivity index is 1.78. The van der Waals surface area contributed by atoms with Crippen molar-refractivity contribution >= 4 is 22.4 Å². The van der Waals surface area contributed by atoms with Gasteiger partial charge < -0.3 is 0 Å². The van der Waals surface area contributed by atoms with Crippen LogP contribution in [0, 0.1) is 17.8 Å². The van der Waals surface area contributed by atoms with E-state index in [4.69, 9.17) is 11.6 Å². The predicted octanol–water partition coefficient (Wildman–Crippen LogP) is 6.99. The minimum absolute atomic E-state index is 0.319. The van der Waals surface area contributed by atoms with E-state index >= 15 is 0 Å². The summed E-state index contributed by atoms with van der Waals surface area (Å²) in [5, 5.41) is 3.50. The van der Waals surface area contributed by atoms with Gasteiger partial charge in [0.2, 0.25) is 0 Å². The molecule has 3 aromatic carbocycles. The highest BCUT2D eigenvalue weighted by atomic mass is 35.5. The molecule has 0 fully saturated rings. The summed E-state index contributed by atoms with van der Waals surface area (Å²) in [6, 6.07) is 21.2. The first-order chi connectivity index (χ1) is 12.8. The van der Waals surface area contributed by atoms with Crippen molar-refractivity contribution in [3.8, 4) is 11.8 Å². The highest BCUT2D eigenvalue weighted by Crippen LogP contribution is 2.41. The van der Waals surface area contributed by atoms with Crippen LogP contribution in [-0.2, 0) is 6.42 Å². The van der Waals surface area contributed by atoms with Gasteiger partial charge in [-0.3, -0.25) is 0 Å². The van der Waals surface area contributed by atoms with Crippen LogP contribution in [0.4, 0.5) is 0 Å². The zero-order valence-corrected chi connectivity index (χ0v) is 15.9. The molecule has 0 amide bonds. The fraction of sp³-hybridized carbons (Fsp3) is 0.280. The maximum absolute atomic E-state index is 6.00. The van der Waals surface area contributed by atoms with Crippen molar-refractivity contribution in [3.05, 3.63) is 82.4 Å². The number of fused-ring (bicyclic) bond motifs is 3. The van der Waals surface area contributed by atoms with Crippen molar-refractivity contribution in [2.75, 3.05) is 0 Å². The van der Waals surface area contributed by atoms with Crippen LogP contribution in [0.3, 0.4) is 0 Å². The monoisotopic (exact) mass is 358 g/mol. The summed E-state index contributed by atoms with van der Waals surface area (Å²) in [7, 11) is 0. The summed E-state index contributed by atoms with van der Waals surface area (Å²) < 4.78 is 0. The summed E-state index contributed by atoms with van der Waals surface area (Å²) in [4.78, 5) is 0. The van der Waals surface area contributed by atoms with Crippen molar-refractivity contribution in [1.82, 2.24) is 0 Å². The lowest BCUT2D eigenvalue weighted by Crippen LogP contribution is -2.20. The normalized spacial score (nSPS) is 18.8. The Bertz CT molecular complexity index is 972. The molecular formula is C25H23Cl. The molecule has 2 atom stereocenters. The molecule has 26 heavy (non-hydrogen) atoms. The highest BCUT2D eigenvalue weighted by molar-refractivity contribution is 6.30. The van der Waals surface area contributed by atoms with Gasteiger partial charge in [-0.2, -0.15) is 0 Å². The minimum Gasteiger partial charge on any atom is -0.0894 e. The molecule has 0 N–H and O–H groups in total. The number of hydrogen-bond donors (Lipinski definition) is 0. The summed E-state index contributed by atoms with van der Waals surface area (Å²) >= 11 is 6.00. The van der Waals surface area contributed by atoms with Crippen LogP contribution in [0.5, 0.6) is 0 Å². The Morgan fingerprint density at radius 2 is 1.81 bits per heavy atom. The molecule has 0 aliphatic heterocycles. The van der Waals surface area contributed by atoms with E-state index in [1.54, 1.807) is 0 Å². The van der Waals surface area contributed by atoms with Crippen LogP contribution in [0.2, 0.25) is 5.02 Å². The van der Waals surface area contributed by atoms with Crippen LogP contribution < -0.4 is 0 Å². The SMILES string of the molecule is CCCC1CCc2c(ccc3ccccc23)C1C#Cc1ccc(Cl)cc1. The zero-order chi connectivity index (χ0) is 17.9. The second kappa shape index (κ2) is 7.56. The van der Waals surface area contributed by atoms with Gasteiger partial charge in [-0.1, -0.05) is 73.2 Å². The number of halogens is 1. The first-order valence-electron chi connectivity index (χ1n) is 9.54. The summed E-state index contributed by atoms with van der Waals surface area (Å²) in [6.45, 7) is 2.28. The van der Waals surface area contributed by atoms with Crippen LogP contribution in [0.1, 0.15) is 48.8 Å². The largest absolute Gasteiger partial charge is 0.0894 e. The van der Waals surface area contributed by atoms with Crippen molar-refractivity contribution in [2.24, 2.45) is 5.92 Å². The van der Waals surface area contributed by atoms with Crippen LogP contribution >= 0.6 is 11.6 Å². The molecule has 1 aliphatic rings. The van der Waals surface area contributed by atoms with Crippen LogP contribution in [0.25, 0.3) is 10.8 Å². The van der Waals surface area contributed by atoms with Crippen molar-refractivity contribution in [1.29, 1.82) is 0 Å². The molecule has 0 nitrogen and oxygen atoms in total. The van der Waals surface area contributed by atoms with E-state index in [0.29, 0.717) is 11.8 Å². The lowest BCUT2D eigenvalue weighted by atomic mass is 9.72. The molecule has 1 aliphatic carbocycles. The average molecular weight is 359 g/mol. The fourth-order valence-electron chi connectivity index (χ4n) is 4.25. The number of hydrogen-bond acceptors (Lipinski definition) is 0. The molecule has 2 unspecified atom stereocenters. The van der Waals surface area contributed by atoms with E-state index in [2.05, 4.69) is 55.2 Å². The third-order valence-corrected chi connectivity index (χ3v) is 5.78. The van der Waals surface area contributed by atoms with Gasteiger partial charge in [0.1, 0.15) is 0 Å².